The Morgan fingerprint density at radius 1 is 1.21 bits per heavy atom. The molecule has 19 heavy (non-hydrogen) atoms. The molecular weight excluding hydrogens is 372 g/mol. The fraction of sp³-hybridized carbons (Fsp3) is 0.0714. The number of hydrogen-bond acceptors (Lipinski definition) is 2. The summed E-state index contributed by atoms with van der Waals surface area (Å²) in [6, 6.07) is 11.0. The number of aryl methyl sites for hydroxylation is 1. The highest BCUT2D eigenvalue weighted by molar-refractivity contribution is 9.11. The molecule has 0 aliphatic carbocycles. The third kappa shape index (κ3) is 3.16. The quantitative estimate of drug-likeness (QED) is 0.757. The van der Waals surface area contributed by atoms with Gasteiger partial charge in [-0.1, -0.05) is 28.1 Å². The lowest BCUT2D eigenvalue weighted by atomic mass is 10.1. The van der Waals surface area contributed by atoms with Crippen molar-refractivity contribution in [2.24, 2.45) is 0 Å². The third-order valence-electron chi connectivity index (χ3n) is 2.72. The Morgan fingerprint density at radius 3 is 2.68 bits per heavy atom. The van der Waals surface area contributed by atoms with Crippen LogP contribution in [-0.2, 0) is 0 Å². The summed E-state index contributed by atoms with van der Waals surface area (Å²) >= 11 is 6.72. The SMILES string of the molecule is Cc1ccc(Br)cc1NC(=O)c1cccc(N)c1Br. The molecule has 0 spiro atoms. The van der Waals surface area contributed by atoms with E-state index >= 15 is 0 Å². The number of nitrogens with one attached hydrogen (secondary N) is 1. The number of benzene rings is 2. The molecule has 98 valence electrons. The van der Waals surface area contributed by atoms with Gasteiger partial charge >= 0.3 is 0 Å². The number of amides is 1. The molecule has 0 radical (unpaired) electrons. The third-order valence-corrected chi connectivity index (χ3v) is 4.10. The summed E-state index contributed by atoms with van der Waals surface area (Å²) in [5.41, 5.74) is 8.59. The first-order valence-corrected chi connectivity index (χ1v) is 7.19. The van der Waals surface area contributed by atoms with Gasteiger partial charge in [0, 0.05) is 15.8 Å². The van der Waals surface area contributed by atoms with Crippen LogP contribution in [0, 0.1) is 6.92 Å². The van der Waals surface area contributed by atoms with Gasteiger partial charge in [-0.25, -0.2) is 0 Å². The Hall–Kier alpha value is -1.33. The van der Waals surface area contributed by atoms with Gasteiger partial charge in [-0.3, -0.25) is 4.79 Å². The number of anilines is 2. The van der Waals surface area contributed by atoms with Crippen molar-refractivity contribution in [3.8, 4) is 0 Å². The van der Waals surface area contributed by atoms with Gasteiger partial charge in [0.05, 0.1) is 10.0 Å². The smallest absolute Gasteiger partial charge is 0.256 e. The Labute approximate surface area is 128 Å². The second-order valence-electron chi connectivity index (χ2n) is 4.12. The van der Waals surface area contributed by atoms with Crippen LogP contribution in [0.3, 0.4) is 0 Å². The van der Waals surface area contributed by atoms with Gasteiger partial charge in [-0.2, -0.15) is 0 Å². The van der Waals surface area contributed by atoms with Crippen molar-refractivity contribution in [2.45, 2.75) is 6.92 Å². The van der Waals surface area contributed by atoms with Gasteiger partial charge in [-0.05, 0) is 52.7 Å². The molecule has 3 N–H and O–H groups in total. The lowest BCUT2D eigenvalue weighted by Crippen LogP contribution is -2.14. The average Bonchev–Trinajstić information content (AvgIpc) is 2.37. The number of hydrogen-bond donors (Lipinski definition) is 2. The van der Waals surface area contributed by atoms with Crippen molar-refractivity contribution < 1.29 is 4.79 Å². The highest BCUT2D eigenvalue weighted by Gasteiger charge is 2.13. The molecule has 0 saturated heterocycles. The number of nitrogens with two attached hydrogens (primary N) is 1. The van der Waals surface area contributed by atoms with Crippen LogP contribution in [0.25, 0.3) is 0 Å². The molecule has 0 aliphatic rings. The van der Waals surface area contributed by atoms with Crippen molar-refractivity contribution >= 4 is 49.1 Å². The first-order valence-electron chi connectivity index (χ1n) is 5.60. The number of carbonyl (C=O) groups is 1. The Balaban J connectivity index is 2.31. The van der Waals surface area contributed by atoms with E-state index in [0.29, 0.717) is 15.7 Å². The maximum absolute atomic E-state index is 12.2. The van der Waals surface area contributed by atoms with Gasteiger partial charge < -0.3 is 11.1 Å². The monoisotopic (exact) mass is 382 g/mol. The molecule has 0 aliphatic heterocycles. The van der Waals surface area contributed by atoms with E-state index in [1.165, 1.54) is 0 Å². The highest BCUT2D eigenvalue weighted by atomic mass is 79.9. The zero-order valence-electron chi connectivity index (χ0n) is 10.2. The van der Waals surface area contributed by atoms with E-state index in [1.807, 2.05) is 25.1 Å². The minimum Gasteiger partial charge on any atom is -0.398 e. The van der Waals surface area contributed by atoms with Crippen LogP contribution in [0.1, 0.15) is 15.9 Å². The Morgan fingerprint density at radius 2 is 1.95 bits per heavy atom. The maximum Gasteiger partial charge on any atom is 0.256 e. The standard InChI is InChI=1S/C14H12Br2N2O/c1-8-5-6-9(15)7-12(8)18-14(19)10-3-2-4-11(17)13(10)16/h2-7H,17H2,1H3,(H,18,19). The predicted molar refractivity (Wildman–Crippen MR) is 85.4 cm³/mol. The Kier molecular flexibility index (Phi) is 4.27. The van der Waals surface area contributed by atoms with Crippen LogP contribution in [0.4, 0.5) is 11.4 Å². The molecule has 0 atom stereocenters. The molecule has 0 saturated carbocycles. The number of carbonyl (C=O) groups excluding carboxylic acids is 1. The molecule has 3 nitrogen and oxygen atoms in total. The summed E-state index contributed by atoms with van der Waals surface area (Å²) in [7, 11) is 0. The second-order valence-corrected chi connectivity index (χ2v) is 5.83. The molecule has 1 amide bonds. The fourth-order valence-corrected chi connectivity index (χ4v) is 2.45. The molecular formula is C14H12Br2N2O. The fourth-order valence-electron chi connectivity index (χ4n) is 1.64. The first kappa shape index (κ1) is 14.1. The zero-order valence-corrected chi connectivity index (χ0v) is 13.4. The average molecular weight is 384 g/mol. The van der Waals surface area contributed by atoms with Crippen LogP contribution in [0.15, 0.2) is 45.3 Å². The van der Waals surface area contributed by atoms with Gasteiger partial charge in [0.15, 0.2) is 0 Å². The lowest BCUT2D eigenvalue weighted by molar-refractivity contribution is 0.102. The molecule has 0 bridgehead atoms. The molecule has 0 heterocycles. The van der Waals surface area contributed by atoms with E-state index in [0.717, 1.165) is 15.7 Å². The highest BCUT2D eigenvalue weighted by Crippen LogP contribution is 2.26. The van der Waals surface area contributed by atoms with Crippen LogP contribution in [0.2, 0.25) is 0 Å². The summed E-state index contributed by atoms with van der Waals surface area (Å²) in [6.45, 7) is 1.94. The topological polar surface area (TPSA) is 55.1 Å². The summed E-state index contributed by atoms with van der Waals surface area (Å²) < 4.78 is 1.53. The molecule has 5 heteroatoms. The summed E-state index contributed by atoms with van der Waals surface area (Å²) in [5, 5.41) is 2.88. The van der Waals surface area contributed by atoms with Gasteiger partial charge in [0.2, 0.25) is 0 Å². The van der Waals surface area contributed by atoms with E-state index in [1.54, 1.807) is 18.2 Å². The van der Waals surface area contributed by atoms with Crippen LogP contribution in [0.5, 0.6) is 0 Å². The summed E-state index contributed by atoms with van der Waals surface area (Å²) in [6.07, 6.45) is 0. The van der Waals surface area contributed by atoms with E-state index in [9.17, 15) is 4.79 Å². The molecule has 0 fully saturated rings. The molecule has 2 rings (SSSR count). The van der Waals surface area contributed by atoms with Crippen LogP contribution >= 0.6 is 31.9 Å². The van der Waals surface area contributed by atoms with Crippen molar-refractivity contribution in [3.05, 3.63) is 56.5 Å². The van der Waals surface area contributed by atoms with E-state index in [2.05, 4.69) is 37.2 Å². The molecule has 0 aromatic heterocycles. The van der Waals surface area contributed by atoms with E-state index in [4.69, 9.17) is 5.73 Å². The predicted octanol–water partition coefficient (Wildman–Crippen LogP) is 4.35. The van der Waals surface area contributed by atoms with Gasteiger partial charge in [-0.15, -0.1) is 0 Å². The summed E-state index contributed by atoms with van der Waals surface area (Å²) in [5.74, 6) is -0.194. The zero-order chi connectivity index (χ0) is 14.0. The van der Waals surface area contributed by atoms with E-state index < -0.39 is 0 Å². The van der Waals surface area contributed by atoms with Crippen molar-refractivity contribution in [1.82, 2.24) is 0 Å². The summed E-state index contributed by atoms with van der Waals surface area (Å²) in [4.78, 5) is 12.2. The molecule has 0 unspecified atom stereocenters. The maximum atomic E-state index is 12.2. The minimum absolute atomic E-state index is 0.194. The van der Waals surface area contributed by atoms with Gasteiger partial charge in [0.1, 0.15) is 0 Å². The lowest BCUT2D eigenvalue weighted by Gasteiger charge is -2.10. The minimum atomic E-state index is -0.194. The van der Waals surface area contributed by atoms with Crippen molar-refractivity contribution in [1.29, 1.82) is 0 Å². The largest absolute Gasteiger partial charge is 0.398 e. The number of nitrogen functional groups attached to an aromatic ring is 1. The van der Waals surface area contributed by atoms with Gasteiger partial charge in [0.25, 0.3) is 5.91 Å². The molecule has 2 aromatic carbocycles. The van der Waals surface area contributed by atoms with Crippen molar-refractivity contribution in [3.63, 3.8) is 0 Å². The Bertz CT molecular complexity index is 641. The van der Waals surface area contributed by atoms with E-state index in [-0.39, 0.29) is 5.91 Å². The number of rotatable bonds is 2. The number of halogens is 2. The first-order chi connectivity index (χ1) is 8.99. The van der Waals surface area contributed by atoms with Crippen LogP contribution in [-0.4, -0.2) is 5.91 Å². The van der Waals surface area contributed by atoms with Crippen molar-refractivity contribution in [2.75, 3.05) is 11.1 Å². The van der Waals surface area contributed by atoms with Crippen LogP contribution < -0.4 is 11.1 Å². The normalized spacial score (nSPS) is 10.3. The molecule has 2 aromatic rings. The second kappa shape index (κ2) is 5.75.